The molecule has 0 amide bonds. The lowest BCUT2D eigenvalue weighted by molar-refractivity contribution is 1.29. The number of hydrogen-bond acceptors (Lipinski definition) is 2. The number of para-hydroxylation sites is 4. The molecule has 10 aromatic carbocycles. The quantitative estimate of drug-likeness (QED) is 0.145. The molecule has 0 aliphatic heterocycles. The molecule has 0 aliphatic rings. The van der Waals surface area contributed by atoms with Crippen molar-refractivity contribution in [3.8, 4) is 22.3 Å². The van der Waals surface area contributed by atoms with Gasteiger partial charge in [-0.25, -0.2) is 0 Å². The second-order valence-corrected chi connectivity index (χ2v) is 14.1. The summed E-state index contributed by atoms with van der Waals surface area (Å²) in [7, 11) is 0. The van der Waals surface area contributed by atoms with Crippen molar-refractivity contribution in [3.05, 3.63) is 231 Å². The molecule has 0 aliphatic carbocycles. The van der Waals surface area contributed by atoms with E-state index in [9.17, 15) is 0 Å². The maximum absolute atomic E-state index is 2.44. The van der Waals surface area contributed by atoms with Crippen molar-refractivity contribution in [3.63, 3.8) is 0 Å². The minimum Gasteiger partial charge on any atom is -0.310 e. The van der Waals surface area contributed by atoms with Gasteiger partial charge >= 0.3 is 0 Å². The van der Waals surface area contributed by atoms with Crippen LogP contribution in [0, 0.1) is 0 Å². The van der Waals surface area contributed by atoms with Crippen LogP contribution in [0.2, 0.25) is 0 Å². The van der Waals surface area contributed by atoms with Crippen molar-refractivity contribution in [1.29, 1.82) is 0 Å². The van der Waals surface area contributed by atoms with Crippen LogP contribution in [0.5, 0.6) is 0 Å². The van der Waals surface area contributed by atoms with E-state index in [1.807, 2.05) is 0 Å². The Bertz CT molecular complexity index is 2960. The molecule has 0 aromatic heterocycles. The van der Waals surface area contributed by atoms with Crippen LogP contribution in [0.1, 0.15) is 0 Å². The molecule has 0 spiro atoms. The lowest BCUT2D eigenvalue weighted by Crippen LogP contribution is -2.12. The summed E-state index contributed by atoms with van der Waals surface area (Å²) in [5.74, 6) is 0. The van der Waals surface area contributed by atoms with E-state index < -0.39 is 0 Å². The molecule has 10 rings (SSSR count). The van der Waals surface area contributed by atoms with Crippen molar-refractivity contribution in [1.82, 2.24) is 0 Å². The molecular formula is C54H38N2. The van der Waals surface area contributed by atoms with Gasteiger partial charge in [0.15, 0.2) is 0 Å². The molecule has 56 heavy (non-hydrogen) atoms. The van der Waals surface area contributed by atoms with E-state index >= 15 is 0 Å². The second-order valence-electron chi connectivity index (χ2n) is 14.1. The zero-order valence-corrected chi connectivity index (χ0v) is 30.8. The van der Waals surface area contributed by atoms with Crippen LogP contribution < -0.4 is 9.80 Å². The number of nitrogens with zero attached hydrogens (tertiary/aromatic N) is 2. The van der Waals surface area contributed by atoms with E-state index in [0.29, 0.717) is 0 Å². The Morgan fingerprint density at radius 2 is 0.679 bits per heavy atom. The van der Waals surface area contributed by atoms with Gasteiger partial charge in [0.1, 0.15) is 0 Å². The van der Waals surface area contributed by atoms with E-state index in [4.69, 9.17) is 0 Å². The Labute approximate surface area is 327 Å². The van der Waals surface area contributed by atoms with Gasteiger partial charge < -0.3 is 9.80 Å². The van der Waals surface area contributed by atoms with Crippen LogP contribution in [0.25, 0.3) is 54.6 Å². The van der Waals surface area contributed by atoms with E-state index in [0.717, 1.165) is 34.1 Å². The van der Waals surface area contributed by atoms with Gasteiger partial charge in [0.05, 0.1) is 17.1 Å². The largest absolute Gasteiger partial charge is 0.310 e. The molecule has 2 heteroatoms. The van der Waals surface area contributed by atoms with Gasteiger partial charge in [-0.2, -0.15) is 0 Å². The molecule has 0 bridgehead atoms. The molecule has 0 heterocycles. The van der Waals surface area contributed by atoms with Crippen molar-refractivity contribution in [2.75, 3.05) is 9.80 Å². The molecule has 0 radical (unpaired) electrons. The summed E-state index contributed by atoms with van der Waals surface area (Å²) in [4.78, 5) is 4.84. The van der Waals surface area contributed by atoms with Crippen molar-refractivity contribution in [2.45, 2.75) is 0 Å². The Balaban J connectivity index is 1.25. The standard InChI is InChI=1S/C54H38N2/c1-5-19-39(20-6-1)45-27-15-17-31-52(45)55(42-23-9-3-10-24-42)44-35-33-41-34-36-48-47-29-13-14-30-49(47)54(38-51(48)50(41)37-44)56(43-25-11-4-12-26-43)53-32-18-16-28-46(53)40-21-7-2-8-22-40/h1-38H. The third-order valence-corrected chi connectivity index (χ3v) is 10.8. The van der Waals surface area contributed by atoms with Crippen LogP contribution >= 0.6 is 0 Å². The summed E-state index contributed by atoms with van der Waals surface area (Å²) in [5, 5.41) is 7.26. The first-order valence-corrected chi connectivity index (χ1v) is 19.2. The monoisotopic (exact) mass is 714 g/mol. The highest BCUT2D eigenvalue weighted by Crippen LogP contribution is 2.47. The first-order chi connectivity index (χ1) is 27.8. The van der Waals surface area contributed by atoms with Gasteiger partial charge in [0, 0.05) is 33.6 Å². The van der Waals surface area contributed by atoms with Crippen LogP contribution in [0.4, 0.5) is 34.1 Å². The molecule has 10 aromatic rings. The molecule has 0 saturated heterocycles. The Hall–Kier alpha value is -7.42. The average molecular weight is 715 g/mol. The fourth-order valence-electron chi connectivity index (χ4n) is 8.25. The van der Waals surface area contributed by atoms with Gasteiger partial charge in [-0.3, -0.25) is 0 Å². The highest BCUT2D eigenvalue weighted by atomic mass is 15.2. The van der Waals surface area contributed by atoms with E-state index in [1.165, 1.54) is 54.6 Å². The van der Waals surface area contributed by atoms with Gasteiger partial charge in [0.2, 0.25) is 0 Å². The first-order valence-electron chi connectivity index (χ1n) is 19.2. The lowest BCUT2D eigenvalue weighted by Gasteiger charge is -2.30. The molecular weight excluding hydrogens is 677 g/mol. The zero-order chi connectivity index (χ0) is 37.3. The fourth-order valence-corrected chi connectivity index (χ4v) is 8.25. The summed E-state index contributed by atoms with van der Waals surface area (Å²) in [6.07, 6.45) is 0. The molecule has 264 valence electrons. The third-order valence-electron chi connectivity index (χ3n) is 10.8. The molecule has 2 nitrogen and oxygen atoms in total. The number of benzene rings is 10. The van der Waals surface area contributed by atoms with Crippen LogP contribution in [-0.4, -0.2) is 0 Å². The minimum absolute atomic E-state index is 1.10. The molecule has 0 N–H and O–H groups in total. The Morgan fingerprint density at radius 1 is 0.232 bits per heavy atom. The smallest absolute Gasteiger partial charge is 0.0546 e. The van der Waals surface area contributed by atoms with Crippen LogP contribution in [-0.2, 0) is 0 Å². The lowest BCUT2D eigenvalue weighted by atomic mass is 9.94. The maximum Gasteiger partial charge on any atom is 0.0546 e. The van der Waals surface area contributed by atoms with Gasteiger partial charge in [-0.05, 0) is 92.7 Å². The third kappa shape index (κ3) is 5.95. The normalized spacial score (nSPS) is 11.2. The predicted molar refractivity (Wildman–Crippen MR) is 239 cm³/mol. The number of rotatable bonds is 8. The topological polar surface area (TPSA) is 6.48 Å². The number of anilines is 6. The summed E-state index contributed by atoms with van der Waals surface area (Å²) in [5.41, 5.74) is 11.4. The fraction of sp³-hybridized carbons (Fsp3) is 0. The van der Waals surface area contributed by atoms with E-state index in [2.05, 4.69) is 240 Å². The van der Waals surface area contributed by atoms with E-state index in [-0.39, 0.29) is 0 Å². The minimum atomic E-state index is 1.10. The van der Waals surface area contributed by atoms with Gasteiger partial charge in [0.25, 0.3) is 0 Å². The molecule has 0 fully saturated rings. The second kappa shape index (κ2) is 14.4. The predicted octanol–water partition coefficient (Wildman–Crippen LogP) is 15.4. The summed E-state index contributed by atoms with van der Waals surface area (Å²) in [6, 6.07) is 83.1. The average Bonchev–Trinajstić information content (AvgIpc) is 3.28. The van der Waals surface area contributed by atoms with Crippen LogP contribution in [0.3, 0.4) is 0 Å². The van der Waals surface area contributed by atoms with Crippen molar-refractivity contribution in [2.24, 2.45) is 0 Å². The maximum atomic E-state index is 2.44. The first kappa shape index (κ1) is 33.2. The highest BCUT2D eigenvalue weighted by Gasteiger charge is 2.22. The Kier molecular flexibility index (Phi) is 8.55. The number of hydrogen-bond donors (Lipinski definition) is 0. The van der Waals surface area contributed by atoms with Crippen molar-refractivity contribution < 1.29 is 0 Å². The summed E-state index contributed by atoms with van der Waals surface area (Å²) < 4.78 is 0. The van der Waals surface area contributed by atoms with Gasteiger partial charge in [-0.1, -0.05) is 176 Å². The highest BCUT2D eigenvalue weighted by molar-refractivity contribution is 6.22. The molecule has 0 atom stereocenters. The molecule has 0 unspecified atom stereocenters. The molecule has 0 saturated carbocycles. The van der Waals surface area contributed by atoms with Crippen LogP contribution in [0.15, 0.2) is 231 Å². The Morgan fingerprint density at radius 3 is 1.29 bits per heavy atom. The number of fused-ring (bicyclic) bond motifs is 5. The van der Waals surface area contributed by atoms with Gasteiger partial charge in [-0.15, -0.1) is 0 Å². The SMILES string of the molecule is c1ccc(-c2ccccc2N(c2ccccc2)c2ccc3ccc4c5ccccc5c(N(c5ccccc5)c5ccccc5-c5ccccc5)cc4c3c2)cc1. The van der Waals surface area contributed by atoms with E-state index in [1.54, 1.807) is 0 Å². The zero-order valence-electron chi connectivity index (χ0n) is 30.8. The summed E-state index contributed by atoms with van der Waals surface area (Å²) >= 11 is 0. The van der Waals surface area contributed by atoms with Crippen molar-refractivity contribution >= 4 is 66.4 Å². The summed E-state index contributed by atoms with van der Waals surface area (Å²) in [6.45, 7) is 0.